The van der Waals surface area contributed by atoms with Crippen LogP contribution in [0.2, 0.25) is 5.02 Å². The van der Waals surface area contributed by atoms with Crippen LogP contribution in [0, 0.1) is 13.8 Å². The third-order valence-corrected chi connectivity index (χ3v) is 5.25. The Labute approximate surface area is 158 Å². The van der Waals surface area contributed by atoms with Gasteiger partial charge in [-0.25, -0.2) is 4.68 Å². The van der Waals surface area contributed by atoms with E-state index in [1.54, 1.807) is 0 Å². The highest BCUT2D eigenvalue weighted by Crippen LogP contribution is 2.32. The highest BCUT2D eigenvalue weighted by molar-refractivity contribution is 6.30. The summed E-state index contributed by atoms with van der Waals surface area (Å²) in [6.07, 6.45) is 0.973. The first-order chi connectivity index (χ1) is 12.6. The molecule has 1 unspecified atom stereocenters. The number of fused-ring (bicyclic) bond motifs is 1. The topological polar surface area (TPSA) is 39.1 Å². The van der Waals surface area contributed by atoms with Crippen LogP contribution in [0.25, 0.3) is 5.69 Å². The van der Waals surface area contributed by atoms with Crippen molar-refractivity contribution in [3.63, 3.8) is 0 Å². The van der Waals surface area contributed by atoms with E-state index in [-0.39, 0.29) is 0 Å². The summed E-state index contributed by atoms with van der Waals surface area (Å²) in [5, 5.41) is 9.15. The molecule has 5 heteroatoms. The smallest absolute Gasteiger partial charge is 0.124 e. The Hall–Kier alpha value is -2.30. The summed E-state index contributed by atoms with van der Waals surface area (Å²) in [4.78, 5) is 0. The molecule has 0 bridgehead atoms. The van der Waals surface area contributed by atoms with Crippen LogP contribution in [-0.4, -0.2) is 16.4 Å². The Morgan fingerprint density at radius 2 is 1.92 bits per heavy atom. The maximum atomic E-state index is 6.00. The number of nitrogens with one attached hydrogen (secondary N) is 1. The number of halogens is 1. The average Bonchev–Trinajstić information content (AvgIpc) is 2.94. The van der Waals surface area contributed by atoms with Gasteiger partial charge in [0.05, 0.1) is 18.0 Å². The summed E-state index contributed by atoms with van der Waals surface area (Å²) >= 11 is 6.00. The summed E-state index contributed by atoms with van der Waals surface area (Å²) in [6, 6.07) is 16.3. The number of para-hydroxylation sites is 1. The predicted molar refractivity (Wildman–Crippen MR) is 104 cm³/mol. The van der Waals surface area contributed by atoms with Gasteiger partial charge >= 0.3 is 0 Å². The number of benzene rings is 2. The molecule has 4 rings (SSSR count). The standard InChI is InChI=1S/C21H22ClN3O/c1-14-19(15(2)25(24-14)17-9-7-16(22)8-10-17)13-23-20-11-12-26-21-6-4-3-5-18(20)21/h3-10,20,23H,11-13H2,1-2H3. The maximum absolute atomic E-state index is 6.00. The molecule has 1 atom stereocenters. The van der Waals surface area contributed by atoms with Gasteiger partial charge in [-0.2, -0.15) is 5.10 Å². The molecule has 2 heterocycles. The van der Waals surface area contributed by atoms with E-state index in [1.807, 2.05) is 41.1 Å². The van der Waals surface area contributed by atoms with Crippen molar-refractivity contribution in [1.29, 1.82) is 0 Å². The average molecular weight is 368 g/mol. The fourth-order valence-electron chi connectivity index (χ4n) is 3.54. The Morgan fingerprint density at radius 1 is 1.15 bits per heavy atom. The number of aryl methyl sites for hydroxylation is 1. The second-order valence-corrected chi connectivity index (χ2v) is 7.08. The lowest BCUT2D eigenvalue weighted by Gasteiger charge is -2.26. The van der Waals surface area contributed by atoms with Crippen LogP contribution in [-0.2, 0) is 6.54 Å². The third-order valence-electron chi connectivity index (χ3n) is 5.00. The van der Waals surface area contributed by atoms with Gasteiger partial charge in [0.25, 0.3) is 0 Å². The van der Waals surface area contributed by atoms with Gasteiger partial charge in [0, 0.05) is 40.9 Å². The highest BCUT2D eigenvalue weighted by Gasteiger charge is 2.21. The second-order valence-electron chi connectivity index (χ2n) is 6.65. The highest BCUT2D eigenvalue weighted by atomic mass is 35.5. The first-order valence-electron chi connectivity index (χ1n) is 8.89. The quantitative estimate of drug-likeness (QED) is 0.722. The van der Waals surface area contributed by atoms with Crippen LogP contribution >= 0.6 is 11.6 Å². The molecule has 26 heavy (non-hydrogen) atoms. The summed E-state index contributed by atoms with van der Waals surface area (Å²) < 4.78 is 7.74. The summed E-state index contributed by atoms with van der Waals surface area (Å²) in [6.45, 7) is 5.71. The van der Waals surface area contributed by atoms with Crippen LogP contribution < -0.4 is 10.1 Å². The van der Waals surface area contributed by atoms with Gasteiger partial charge in [-0.15, -0.1) is 0 Å². The Balaban J connectivity index is 1.56. The fourth-order valence-corrected chi connectivity index (χ4v) is 3.67. The minimum Gasteiger partial charge on any atom is -0.493 e. The molecule has 0 saturated heterocycles. The van der Waals surface area contributed by atoms with E-state index >= 15 is 0 Å². The molecule has 4 nitrogen and oxygen atoms in total. The van der Waals surface area contributed by atoms with Crippen LogP contribution in [0.5, 0.6) is 5.75 Å². The summed E-state index contributed by atoms with van der Waals surface area (Å²) in [5.41, 5.74) is 5.70. The summed E-state index contributed by atoms with van der Waals surface area (Å²) in [7, 11) is 0. The molecular formula is C21H22ClN3O. The van der Waals surface area contributed by atoms with Gasteiger partial charge in [-0.1, -0.05) is 29.8 Å². The second kappa shape index (κ2) is 7.14. The number of hydrogen-bond acceptors (Lipinski definition) is 3. The molecule has 2 aromatic carbocycles. The zero-order valence-electron chi connectivity index (χ0n) is 15.0. The van der Waals surface area contributed by atoms with Crippen molar-refractivity contribution in [3.05, 3.63) is 76.1 Å². The molecule has 0 saturated carbocycles. The van der Waals surface area contributed by atoms with E-state index in [0.717, 1.165) is 47.4 Å². The largest absolute Gasteiger partial charge is 0.493 e. The first-order valence-corrected chi connectivity index (χ1v) is 9.27. The van der Waals surface area contributed by atoms with Crippen molar-refractivity contribution >= 4 is 11.6 Å². The maximum Gasteiger partial charge on any atom is 0.124 e. The van der Waals surface area contributed by atoms with E-state index in [9.17, 15) is 0 Å². The van der Waals surface area contributed by atoms with Crippen molar-refractivity contribution in [2.24, 2.45) is 0 Å². The lowest BCUT2D eigenvalue weighted by atomic mass is 10.00. The van der Waals surface area contributed by atoms with Gasteiger partial charge < -0.3 is 10.1 Å². The van der Waals surface area contributed by atoms with Crippen molar-refractivity contribution in [2.45, 2.75) is 32.9 Å². The van der Waals surface area contributed by atoms with E-state index in [4.69, 9.17) is 21.4 Å². The Morgan fingerprint density at radius 3 is 2.73 bits per heavy atom. The molecule has 0 radical (unpaired) electrons. The molecule has 134 valence electrons. The molecular weight excluding hydrogens is 346 g/mol. The molecule has 1 aliphatic heterocycles. The van der Waals surface area contributed by atoms with Crippen LogP contribution in [0.1, 0.15) is 35.0 Å². The van der Waals surface area contributed by atoms with Crippen molar-refractivity contribution in [1.82, 2.24) is 15.1 Å². The molecule has 0 amide bonds. The van der Waals surface area contributed by atoms with Gasteiger partial charge in [0.15, 0.2) is 0 Å². The fraction of sp³-hybridized carbons (Fsp3) is 0.286. The van der Waals surface area contributed by atoms with Crippen LogP contribution in [0.4, 0.5) is 0 Å². The molecule has 1 aliphatic rings. The van der Waals surface area contributed by atoms with Crippen molar-refractivity contribution in [3.8, 4) is 11.4 Å². The number of rotatable bonds is 4. The Bertz CT molecular complexity index is 918. The number of nitrogens with zero attached hydrogens (tertiary/aromatic N) is 2. The van der Waals surface area contributed by atoms with Gasteiger partial charge in [0.1, 0.15) is 5.75 Å². The molecule has 3 aromatic rings. The predicted octanol–water partition coefficient (Wildman–Crippen LogP) is 4.76. The minimum absolute atomic E-state index is 0.303. The van der Waals surface area contributed by atoms with Crippen molar-refractivity contribution in [2.75, 3.05) is 6.61 Å². The number of aromatic nitrogens is 2. The number of ether oxygens (including phenoxy) is 1. The van der Waals surface area contributed by atoms with E-state index in [2.05, 4.69) is 31.3 Å². The van der Waals surface area contributed by atoms with E-state index < -0.39 is 0 Å². The normalized spacial score (nSPS) is 16.2. The van der Waals surface area contributed by atoms with E-state index in [0.29, 0.717) is 6.04 Å². The zero-order valence-corrected chi connectivity index (χ0v) is 15.8. The minimum atomic E-state index is 0.303. The Kier molecular flexibility index (Phi) is 4.70. The van der Waals surface area contributed by atoms with Crippen LogP contribution in [0.15, 0.2) is 48.5 Å². The molecule has 0 aliphatic carbocycles. The molecule has 0 spiro atoms. The zero-order chi connectivity index (χ0) is 18.1. The summed E-state index contributed by atoms with van der Waals surface area (Å²) in [5.74, 6) is 0.988. The van der Waals surface area contributed by atoms with Crippen LogP contribution in [0.3, 0.4) is 0 Å². The van der Waals surface area contributed by atoms with Crippen molar-refractivity contribution < 1.29 is 4.74 Å². The monoisotopic (exact) mass is 367 g/mol. The molecule has 0 fully saturated rings. The number of hydrogen-bond donors (Lipinski definition) is 1. The van der Waals surface area contributed by atoms with Gasteiger partial charge in [0.2, 0.25) is 0 Å². The molecule has 1 aromatic heterocycles. The lowest BCUT2D eigenvalue weighted by Crippen LogP contribution is -2.27. The third kappa shape index (κ3) is 3.22. The lowest BCUT2D eigenvalue weighted by molar-refractivity contribution is 0.252. The van der Waals surface area contributed by atoms with Gasteiger partial charge in [-0.3, -0.25) is 0 Å². The van der Waals surface area contributed by atoms with E-state index in [1.165, 1.54) is 11.1 Å². The van der Waals surface area contributed by atoms with Gasteiger partial charge in [-0.05, 0) is 44.2 Å². The molecule has 1 N–H and O–H groups in total. The first kappa shape index (κ1) is 17.1. The SMILES string of the molecule is Cc1nn(-c2ccc(Cl)cc2)c(C)c1CNC1CCOc2ccccc21.